The van der Waals surface area contributed by atoms with Gasteiger partial charge in [-0.05, 0) is 55.5 Å². The Morgan fingerprint density at radius 1 is 0.968 bits per heavy atom. The van der Waals surface area contributed by atoms with E-state index in [9.17, 15) is 13.2 Å². The topological polar surface area (TPSA) is 79.4 Å². The van der Waals surface area contributed by atoms with Gasteiger partial charge in [0.2, 0.25) is 0 Å². The van der Waals surface area contributed by atoms with E-state index >= 15 is 0 Å². The zero-order chi connectivity index (χ0) is 22.0. The van der Waals surface area contributed by atoms with Gasteiger partial charge in [-0.2, -0.15) is 0 Å². The third kappa shape index (κ3) is 4.45. The van der Waals surface area contributed by atoms with Crippen molar-refractivity contribution in [1.82, 2.24) is 9.88 Å². The maximum atomic E-state index is 13.0. The van der Waals surface area contributed by atoms with Crippen molar-refractivity contribution in [1.29, 1.82) is 0 Å². The first-order valence-electron chi connectivity index (χ1n) is 9.66. The molecule has 8 heteroatoms. The van der Waals surface area contributed by atoms with Crippen LogP contribution in [0.15, 0.2) is 83.8 Å². The van der Waals surface area contributed by atoms with Crippen LogP contribution < -0.4 is 4.72 Å². The molecule has 4 rings (SSSR count). The van der Waals surface area contributed by atoms with Crippen molar-refractivity contribution in [2.75, 3.05) is 11.8 Å². The Kier molecular flexibility index (Phi) is 5.75. The summed E-state index contributed by atoms with van der Waals surface area (Å²) in [4.78, 5) is 19.3. The molecule has 6 nitrogen and oxygen atoms in total. The van der Waals surface area contributed by atoms with E-state index in [4.69, 9.17) is 0 Å². The number of para-hydroxylation sites is 2. The van der Waals surface area contributed by atoms with Crippen LogP contribution in [0.2, 0.25) is 0 Å². The molecule has 1 amide bonds. The number of carbonyl (C=O) groups is 1. The minimum Gasteiger partial charge on any atom is -0.333 e. The lowest BCUT2D eigenvalue weighted by atomic mass is 10.2. The van der Waals surface area contributed by atoms with Gasteiger partial charge < -0.3 is 4.90 Å². The molecule has 0 bridgehead atoms. The zero-order valence-electron chi connectivity index (χ0n) is 17.0. The van der Waals surface area contributed by atoms with Crippen LogP contribution in [-0.4, -0.2) is 31.3 Å². The minimum absolute atomic E-state index is 0.0924. The van der Waals surface area contributed by atoms with Crippen molar-refractivity contribution in [2.24, 2.45) is 0 Å². The van der Waals surface area contributed by atoms with Crippen molar-refractivity contribution in [3.05, 3.63) is 89.4 Å². The maximum absolute atomic E-state index is 13.0. The first-order chi connectivity index (χ1) is 14.8. The van der Waals surface area contributed by atoms with E-state index in [-0.39, 0.29) is 16.8 Å². The normalized spacial score (nSPS) is 12.5. The van der Waals surface area contributed by atoms with Gasteiger partial charge in [0.1, 0.15) is 5.01 Å². The molecule has 0 fully saturated rings. The zero-order valence-corrected chi connectivity index (χ0v) is 18.7. The predicted octanol–water partition coefficient (Wildman–Crippen LogP) is 4.93. The highest BCUT2D eigenvalue weighted by Gasteiger charge is 2.22. The van der Waals surface area contributed by atoms with Gasteiger partial charge in [0, 0.05) is 18.3 Å². The van der Waals surface area contributed by atoms with Crippen molar-refractivity contribution in [3.8, 4) is 0 Å². The fourth-order valence-electron chi connectivity index (χ4n) is 3.11. The number of anilines is 1. The molecule has 158 valence electrons. The number of fused-ring (bicyclic) bond motifs is 1. The molecular formula is C23H21N3O3S2. The fraction of sp³-hybridized carbons (Fsp3) is 0.130. The summed E-state index contributed by atoms with van der Waals surface area (Å²) >= 11 is 1.56. The molecule has 0 aliphatic heterocycles. The first kappa shape index (κ1) is 21.0. The van der Waals surface area contributed by atoms with Gasteiger partial charge in [0.25, 0.3) is 15.9 Å². The highest BCUT2D eigenvalue weighted by atomic mass is 32.2. The average molecular weight is 452 g/mol. The number of nitrogens with zero attached hydrogens (tertiary/aromatic N) is 2. The lowest BCUT2D eigenvalue weighted by Gasteiger charge is -2.23. The highest BCUT2D eigenvalue weighted by molar-refractivity contribution is 7.92. The first-order valence-corrected chi connectivity index (χ1v) is 12.0. The van der Waals surface area contributed by atoms with Crippen molar-refractivity contribution in [3.63, 3.8) is 0 Å². The van der Waals surface area contributed by atoms with E-state index in [2.05, 4.69) is 9.71 Å². The standard InChI is InChI=1S/C23H21N3O3S2/c1-16(22-24-20-10-6-7-11-21(20)30-22)26(2)23(27)17-12-14-19(15-13-17)31(28,29)25-18-8-4-3-5-9-18/h3-16,25H,1-2H3. The number of sulfonamides is 1. The van der Waals surface area contributed by atoms with Gasteiger partial charge in [-0.25, -0.2) is 13.4 Å². The van der Waals surface area contributed by atoms with Crippen molar-refractivity contribution >= 4 is 43.2 Å². The second-order valence-electron chi connectivity index (χ2n) is 7.11. The molecule has 0 saturated heterocycles. The highest BCUT2D eigenvalue weighted by Crippen LogP contribution is 2.29. The molecule has 0 spiro atoms. The van der Waals surface area contributed by atoms with Crippen LogP contribution in [0.1, 0.15) is 28.3 Å². The van der Waals surface area contributed by atoms with Gasteiger partial charge in [-0.15, -0.1) is 11.3 Å². The Morgan fingerprint density at radius 2 is 1.61 bits per heavy atom. The largest absolute Gasteiger partial charge is 0.333 e. The number of benzene rings is 3. The van der Waals surface area contributed by atoms with E-state index in [0.717, 1.165) is 15.2 Å². The predicted molar refractivity (Wildman–Crippen MR) is 124 cm³/mol. The molecule has 0 aliphatic rings. The molecule has 1 unspecified atom stereocenters. The van der Waals surface area contributed by atoms with Crippen molar-refractivity contribution < 1.29 is 13.2 Å². The van der Waals surface area contributed by atoms with Crippen LogP contribution in [0.4, 0.5) is 5.69 Å². The van der Waals surface area contributed by atoms with Gasteiger partial charge in [-0.3, -0.25) is 9.52 Å². The summed E-state index contributed by atoms with van der Waals surface area (Å²) in [6.07, 6.45) is 0. The fourth-order valence-corrected chi connectivity index (χ4v) is 5.23. The number of nitrogens with one attached hydrogen (secondary N) is 1. The van der Waals surface area contributed by atoms with E-state index in [1.54, 1.807) is 47.5 Å². The summed E-state index contributed by atoms with van der Waals surface area (Å²) < 4.78 is 28.8. The van der Waals surface area contributed by atoms with Crippen molar-refractivity contribution in [2.45, 2.75) is 17.9 Å². The lowest BCUT2D eigenvalue weighted by molar-refractivity contribution is 0.0742. The summed E-state index contributed by atoms with van der Waals surface area (Å²) in [5.74, 6) is -0.202. The van der Waals surface area contributed by atoms with E-state index in [0.29, 0.717) is 11.3 Å². The molecule has 4 aromatic rings. The summed E-state index contributed by atoms with van der Waals surface area (Å²) in [6, 6.07) is 22.2. The van der Waals surface area contributed by atoms with E-state index < -0.39 is 10.0 Å². The lowest BCUT2D eigenvalue weighted by Crippen LogP contribution is -2.29. The third-order valence-corrected chi connectivity index (χ3v) is 7.61. The van der Waals surface area contributed by atoms with Crippen LogP contribution in [0, 0.1) is 0 Å². The third-order valence-electron chi connectivity index (χ3n) is 5.01. The molecule has 1 N–H and O–H groups in total. The average Bonchev–Trinajstić information content (AvgIpc) is 3.22. The number of rotatable bonds is 6. The number of thiazole rings is 1. The van der Waals surface area contributed by atoms with Crippen LogP contribution in [-0.2, 0) is 10.0 Å². The Morgan fingerprint density at radius 3 is 2.29 bits per heavy atom. The summed E-state index contributed by atoms with van der Waals surface area (Å²) in [5, 5.41) is 0.850. The van der Waals surface area contributed by atoms with Crippen LogP contribution in [0.25, 0.3) is 10.2 Å². The molecule has 31 heavy (non-hydrogen) atoms. The molecular weight excluding hydrogens is 430 g/mol. The van der Waals surface area contributed by atoms with Gasteiger partial charge in [-0.1, -0.05) is 30.3 Å². The summed E-state index contributed by atoms with van der Waals surface area (Å²) in [7, 11) is -2.01. The number of aromatic nitrogens is 1. The quantitative estimate of drug-likeness (QED) is 0.451. The van der Waals surface area contributed by atoms with Gasteiger partial charge >= 0.3 is 0 Å². The molecule has 0 radical (unpaired) electrons. The Labute approximate surface area is 185 Å². The number of hydrogen-bond donors (Lipinski definition) is 1. The Balaban J connectivity index is 1.50. The molecule has 1 aromatic heterocycles. The number of carbonyl (C=O) groups excluding carboxylic acids is 1. The number of amides is 1. The number of hydrogen-bond acceptors (Lipinski definition) is 5. The molecule has 1 atom stereocenters. The van der Waals surface area contributed by atoms with E-state index in [1.165, 1.54) is 24.3 Å². The van der Waals surface area contributed by atoms with Gasteiger partial charge in [0.05, 0.1) is 21.2 Å². The second kappa shape index (κ2) is 8.49. The Hall–Kier alpha value is -3.23. The van der Waals surface area contributed by atoms with Crippen LogP contribution in [0.3, 0.4) is 0 Å². The molecule has 0 saturated carbocycles. The molecule has 3 aromatic carbocycles. The summed E-state index contributed by atoms with van der Waals surface area (Å²) in [6.45, 7) is 1.93. The Bertz CT molecular complexity index is 1280. The molecule has 1 heterocycles. The second-order valence-corrected chi connectivity index (χ2v) is 9.85. The summed E-state index contributed by atoms with van der Waals surface area (Å²) in [5.41, 5.74) is 1.80. The molecule has 0 aliphatic carbocycles. The van der Waals surface area contributed by atoms with Crippen LogP contribution in [0.5, 0.6) is 0 Å². The SMILES string of the molecule is CC(c1nc2ccccc2s1)N(C)C(=O)c1ccc(S(=O)(=O)Nc2ccccc2)cc1. The van der Waals surface area contributed by atoms with E-state index in [1.807, 2.05) is 37.3 Å². The smallest absolute Gasteiger partial charge is 0.261 e. The maximum Gasteiger partial charge on any atom is 0.261 e. The minimum atomic E-state index is -3.73. The monoisotopic (exact) mass is 451 g/mol. The van der Waals surface area contributed by atoms with Crippen LogP contribution >= 0.6 is 11.3 Å². The van der Waals surface area contributed by atoms with Gasteiger partial charge in [0.15, 0.2) is 0 Å².